The number of ether oxygens (including phenoxy) is 3. The maximum atomic E-state index is 12.5. The van der Waals surface area contributed by atoms with Crippen molar-refractivity contribution in [2.45, 2.75) is 51.6 Å². The average molecular weight is 872 g/mol. The average Bonchev–Trinajstić information content (AvgIpc) is 3.91. The van der Waals surface area contributed by atoms with Crippen LogP contribution in [0.4, 0.5) is 0 Å². The van der Waals surface area contributed by atoms with Crippen molar-refractivity contribution in [3.8, 4) is 28.3 Å². The lowest BCUT2D eigenvalue weighted by Gasteiger charge is -2.18. The largest absolute Gasteiger partial charge is 0.466 e. The van der Waals surface area contributed by atoms with Crippen LogP contribution >= 0.6 is 23.2 Å². The number of oxazole rings is 2. The molecule has 0 aliphatic heterocycles. The number of rotatable bonds is 17. The Morgan fingerprint density at radius 3 is 1.54 bits per heavy atom. The smallest absolute Gasteiger partial charge is 0.416 e. The van der Waals surface area contributed by atoms with Crippen LogP contribution < -0.4 is 21.1 Å². The first-order chi connectivity index (χ1) is 29.4. The lowest BCUT2D eigenvalue weighted by Crippen LogP contribution is -2.38. The number of nitrogens with one attached hydrogen (secondary N) is 3. The number of carbonyl (C=O) groups is 4. The number of H-pyrrole nitrogens is 1. The lowest BCUT2D eigenvalue weighted by atomic mass is 9.99. The third kappa shape index (κ3) is 14.3. The van der Waals surface area contributed by atoms with E-state index in [1.165, 1.54) is 19.5 Å². The van der Waals surface area contributed by atoms with Crippen LogP contribution in [0.2, 0.25) is 10.0 Å². The molecule has 16 heteroatoms. The Bertz CT molecular complexity index is 2440. The molecule has 0 saturated carbocycles. The highest BCUT2D eigenvalue weighted by Gasteiger charge is 2.23. The minimum absolute atomic E-state index is 0.00186. The summed E-state index contributed by atoms with van der Waals surface area (Å²) in [6.45, 7) is 3.98. The molecule has 0 spiro atoms. The molecule has 0 aliphatic carbocycles. The van der Waals surface area contributed by atoms with Crippen molar-refractivity contribution in [2.75, 3.05) is 20.3 Å². The monoisotopic (exact) mass is 870 g/mol. The summed E-state index contributed by atoms with van der Waals surface area (Å²) < 4.78 is 24.9. The van der Waals surface area contributed by atoms with Crippen molar-refractivity contribution in [1.82, 2.24) is 20.6 Å². The summed E-state index contributed by atoms with van der Waals surface area (Å²) in [4.78, 5) is 66.1. The number of benzene rings is 4. The molecular weight excluding hydrogens is 827 g/mol. The van der Waals surface area contributed by atoms with Crippen LogP contribution in [0.15, 0.2) is 123 Å². The number of hydrogen-bond donors (Lipinski definition) is 3. The van der Waals surface area contributed by atoms with Gasteiger partial charge in [-0.2, -0.15) is 4.98 Å². The summed E-state index contributed by atoms with van der Waals surface area (Å²) in [6.07, 6.45) is 3.30. The van der Waals surface area contributed by atoms with Crippen molar-refractivity contribution in [2.24, 2.45) is 0 Å². The van der Waals surface area contributed by atoms with Gasteiger partial charge in [0.2, 0.25) is 11.5 Å². The Hall–Kier alpha value is -6.64. The lowest BCUT2D eigenvalue weighted by molar-refractivity contribution is -0.144. The Morgan fingerprint density at radius 2 is 1.15 bits per heavy atom. The predicted octanol–water partition coefficient (Wildman–Crippen LogP) is 7.88. The summed E-state index contributed by atoms with van der Waals surface area (Å²) >= 11 is 12.1. The minimum Gasteiger partial charge on any atom is -0.466 e. The Balaban J connectivity index is 0.000000231. The zero-order valence-corrected chi connectivity index (χ0v) is 35.1. The van der Waals surface area contributed by atoms with Gasteiger partial charge in [0.05, 0.1) is 45.6 Å². The topological polar surface area (TPSA) is 192 Å². The fourth-order valence-corrected chi connectivity index (χ4v) is 6.51. The van der Waals surface area contributed by atoms with Crippen molar-refractivity contribution in [3.05, 3.63) is 153 Å². The number of aromatic amines is 1. The molecule has 2 aromatic heterocycles. The highest BCUT2D eigenvalue weighted by Crippen LogP contribution is 2.25. The Morgan fingerprint density at radius 1 is 0.672 bits per heavy atom. The second-order valence-electron chi connectivity index (χ2n) is 13.4. The molecule has 6 rings (SSSR count). The molecule has 14 nitrogen and oxygen atoms in total. The summed E-state index contributed by atoms with van der Waals surface area (Å²) in [5, 5.41) is 6.87. The number of carbonyl (C=O) groups excluding carboxylic acids is 4. The second-order valence-corrected chi connectivity index (χ2v) is 14.3. The molecule has 3 N–H and O–H groups in total. The van der Waals surface area contributed by atoms with Crippen LogP contribution in [-0.2, 0) is 31.9 Å². The molecule has 0 saturated heterocycles. The third-order valence-electron chi connectivity index (χ3n) is 8.93. The molecule has 0 bridgehead atoms. The van der Waals surface area contributed by atoms with Crippen molar-refractivity contribution < 1.29 is 42.2 Å². The van der Waals surface area contributed by atoms with Gasteiger partial charge in [-0.1, -0.05) is 96.0 Å². The maximum Gasteiger partial charge on any atom is 0.416 e. The van der Waals surface area contributed by atoms with Crippen LogP contribution in [0.5, 0.6) is 6.08 Å². The number of esters is 2. The molecule has 4 aromatic carbocycles. The molecule has 6 aromatic rings. The standard InChI is InChI=1S/C23H23ClN2O5.C22H21ClN2O5/c1-3-30-21(27)13-19(26-22(28)20-14-25-23(29-2)31-20)11-15-7-9-16(10-8-15)17-5-4-6-18(24)12-17;1-2-29-20(26)12-18(25-21(27)19-13-24-22(28)30-19)10-14-6-8-15(9-7-14)16-4-3-5-17(23)11-16/h4-10,12,14,19H,3,11,13H2,1-2H3,(H,26,28);3-9,11,13,18H,2,10,12H2,1H3,(H,24,28)(H,25,27)/t19-;18-/m11/s1. The van der Waals surface area contributed by atoms with Crippen LogP contribution in [0.25, 0.3) is 22.3 Å². The van der Waals surface area contributed by atoms with E-state index in [0.717, 1.165) is 33.4 Å². The van der Waals surface area contributed by atoms with E-state index < -0.39 is 41.6 Å². The van der Waals surface area contributed by atoms with Crippen LogP contribution in [0, 0.1) is 0 Å². The number of hydrogen-bond acceptors (Lipinski definition) is 11. The van der Waals surface area contributed by atoms with Gasteiger partial charge in [0.1, 0.15) is 0 Å². The number of halogens is 2. The number of nitrogens with zero attached hydrogens (tertiary/aromatic N) is 1. The molecule has 2 atom stereocenters. The first-order valence-electron chi connectivity index (χ1n) is 19.2. The van der Waals surface area contributed by atoms with E-state index in [-0.39, 0.29) is 43.7 Å². The van der Waals surface area contributed by atoms with Crippen molar-refractivity contribution in [3.63, 3.8) is 0 Å². The van der Waals surface area contributed by atoms with Crippen molar-refractivity contribution in [1.29, 1.82) is 0 Å². The minimum atomic E-state index is -0.723. The normalized spacial score (nSPS) is 11.6. The molecule has 0 aliphatic rings. The Kier molecular flexibility index (Phi) is 16.9. The van der Waals surface area contributed by atoms with E-state index in [1.807, 2.05) is 97.1 Å². The summed E-state index contributed by atoms with van der Waals surface area (Å²) in [6, 6.07) is 29.8. The van der Waals surface area contributed by atoms with E-state index in [9.17, 15) is 24.0 Å². The SMILES string of the molecule is CCOC(=O)C[C@@H](Cc1ccc(-c2cccc(Cl)c2)cc1)NC(=O)c1c[nH]c(=O)o1.CCOC(=O)C[C@@H](Cc1ccc(-c2cccc(Cl)c2)cc1)NC(=O)c1cnc(OC)o1. The van der Waals surface area contributed by atoms with Gasteiger partial charge in [-0.15, -0.1) is 0 Å². The maximum absolute atomic E-state index is 12.5. The van der Waals surface area contributed by atoms with Gasteiger partial charge in [0.15, 0.2) is 0 Å². The number of aromatic nitrogens is 2. The first-order valence-corrected chi connectivity index (χ1v) is 20.0. The fourth-order valence-electron chi connectivity index (χ4n) is 6.13. The van der Waals surface area contributed by atoms with Crippen molar-refractivity contribution >= 4 is 47.0 Å². The third-order valence-corrected chi connectivity index (χ3v) is 9.40. The summed E-state index contributed by atoms with van der Waals surface area (Å²) in [7, 11) is 1.39. The molecule has 61 heavy (non-hydrogen) atoms. The quantitative estimate of drug-likeness (QED) is 0.0756. The van der Waals surface area contributed by atoms with Gasteiger partial charge >= 0.3 is 23.8 Å². The van der Waals surface area contributed by atoms with Crippen LogP contribution in [0.3, 0.4) is 0 Å². The molecule has 2 heterocycles. The van der Waals surface area contributed by atoms with Gasteiger partial charge in [0.25, 0.3) is 11.8 Å². The highest BCUT2D eigenvalue weighted by molar-refractivity contribution is 6.31. The van der Waals surface area contributed by atoms with Gasteiger partial charge < -0.3 is 33.7 Å². The molecule has 0 unspecified atom stereocenters. The Labute approximate surface area is 361 Å². The second kappa shape index (κ2) is 22.7. The fraction of sp³-hybridized carbons (Fsp3) is 0.244. The highest BCUT2D eigenvalue weighted by atomic mass is 35.5. The van der Waals surface area contributed by atoms with Gasteiger partial charge in [-0.05, 0) is 84.3 Å². The van der Waals surface area contributed by atoms with E-state index in [4.69, 9.17) is 46.2 Å². The van der Waals surface area contributed by atoms with E-state index >= 15 is 0 Å². The molecule has 0 radical (unpaired) electrons. The molecule has 318 valence electrons. The van der Waals surface area contributed by atoms with E-state index in [1.54, 1.807) is 13.8 Å². The van der Waals surface area contributed by atoms with Gasteiger partial charge in [0, 0.05) is 22.1 Å². The van der Waals surface area contributed by atoms with Gasteiger partial charge in [-0.25, -0.2) is 4.79 Å². The molecule has 0 fully saturated rings. The van der Waals surface area contributed by atoms with E-state index in [0.29, 0.717) is 22.9 Å². The molecular formula is C45H44Cl2N4O10. The van der Waals surface area contributed by atoms with Crippen LogP contribution in [-0.4, -0.2) is 66.1 Å². The van der Waals surface area contributed by atoms with Crippen LogP contribution in [0.1, 0.15) is 58.9 Å². The van der Waals surface area contributed by atoms with E-state index in [2.05, 4.69) is 20.6 Å². The summed E-state index contributed by atoms with van der Waals surface area (Å²) in [5.41, 5.74) is 5.90. The predicted molar refractivity (Wildman–Crippen MR) is 229 cm³/mol. The molecule has 2 amide bonds. The zero-order chi connectivity index (χ0) is 43.7. The summed E-state index contributed by atoms with van der Waals surface area (Å²) in [5.74, 6) is -2.75. The first kappa shape index (κ1) is 45.4. The van der Waals surface area contributed by atoms with Gasteiger partial charge in [-0.3, -0.25) is 24.2 Å². The zero-order valence-electron chi connectivity index (χ0n) is 33.6. The number of methoxy groups -OCH3 is 1. The number of amides is 2.